The highest BCUT2D eigenvalue weighted by atomic mass is 16.5. The van der Waals surface area contributed by atoms with Gasteiger partial charge < -0.3 is 9.84 Å². The molecule has 2 nitrogen and oxygen atoms in total. The highest BCUT2D eigenvalue weighted by Crippen LogP contribution is 2.35. The van der Waals surface area contributed by atoms with Gasteiger partial charge in [0.1, 0.15) is 0 Å². The van der Waals surface area contributed by atoms with Crippen LogP contribution in [0.1, 0.15) is 35.6 Å². The Kier molecular flexibility index (Phi) is 4.34. The van der Waals surface area contributed by atoms with Gasteiger partial charge in [0.05, 0.1) is 18.8 Å². The SMILES string of the molecule is C=C/C=C\c1c(C)cccc1C1CCC(CO)O1. The van der Waals surface area contributed by atoms with Gasteiger partial charge in [0.2, 0.25) is 0 Å². The van der Waals surface area contributed by atoms with Gasteiger partial charge in [0.15, 0.2) is 0 Å². The summed E-state index contributed by atoms with van der Waals surface area (Å²) in [5.74, 6) is 0. The Labute approximate surface area is 109 Å². The summed E-state index contributed by atoms with van der Waals surface area (Å²) in [7, 11) is 0. The molecule has 1 aliphatic heterocycles. The van der Waals surface area contributed by atoms with Crippen molar-refractivity contribution in [2.24, 2.45) is 0 Å². The first-order chi connectivity index (χ1) is 8.76. The van der Waals surface area contributed by atoms with Crippen molar-refractivity contribution in [3.05, 3.63) is 53.6 Å². The normalized spacial score (nSPS) is 23.7. The van der Waals surface area contributed by atoms with Crippen LogP contribution in [0.4, 0.5) is 0 Å². The van der Waals surface area contributed by atoms with E-state index < -0.39 is 0 Å². The summed E-state index contributed by atoms with van der Waals surface area (Å²) in [5.41, 5.74) is 3.66. The molecule has 96 valence electrons. The molecule has 0 bridgehead atoms. The zero-order valence-corrected chi connectivity index (χ0v) is 10.8. The molecule has 1 aromatic carbocycles. The minimum absolute atomic E-state index is 0.00764. The topological polar surface area (TPSA) is 29.5 Å². The largest absolute Gasteiger partial charge is 0.394 e. The molecule has 0 spiro atoms. The molecule has 1 aliphatic rings. The van der Waals surface area contributed by atoms with Crippen LogP contribution in [0.25, 0.3) is 6.08 Å². The van der Waals surface area contributed by atoms with E-state index in [2.05, 4.69) is 37.8 Å². The molecule has 1 aromatic rings. The highest BCUT2D eigenvalue weighted by molar-refractivity contribution is 5.59. The van der Waals surface area contributed by atoms with Crippen molar-refractivity contribution in [3.63, 3.8) is 0 Å². The molecule has 18 heavy (non-hydrogen) atoms. The van der Waals surface area contributed by atoms with E-state index >= 15 is 0 Å². The van der Waals surface area contributed by atoms with Crippen LogP contribution in [-0.4, -0.2) is 17.8 Å². The minimum atomic E-state index is -0.00764. The maximum Gasteiger partial charge on any atom is 0.0836 e. The fourth-order valence-corrected chi connectivity index (χ4v) is 2.44. The van der Waals surface area contributed by atoms with Crippen LogP contribution in [0.2, 0.25) is 0 Å². The first-order valence-corrected chi connectivity index (χ1v) is 6.41. The minimum Gasteiger partial charge on any atom is -0.394 e. The third kappa shape index (κ3) is 2.71. The van der Waals surface area contributed by atoms with Gasteiger partial charge in [-0.15, -0.1) is 0 Å². The van der Waals surface area contributed by atoms with Crippen LogP contribution in [0.15, 0.2) is 36.9 Å². The lowest BCUT2D eigenvalue weighted by Gasteiger charge is -2.16. The number of ether oxygens (including phenoxy) is 1. The maximum atomic E-state index is 9.14. The predicted octanol–water partition coefficient (Wildman–Crippen LogP) is 3.41. The van der Waals surface area contributed by atoms with Crippen LogP contribution in [0.5, 0.6) is 0 Å². The summed E-state index contributed by atoms with van der Waals surface area (Å²) in [4.78, 5) is 0. The Morgan fingerprint density at radius 1 is 1.44 bits per heavy atom. The van der Waals surface area contributed by atoms with Crippen molar-refractivity contribution in [1.29, 1.82) is 0 Å². The molecule has 2 unspecified atom stereocenters. The Balaban J connectivity index is 2.30. The van der Waals surface area contributed by atoms with Crippen molar-refractivity contribution < 1.29 is 9.84 Å². The summed E-state index contributed by atoms with van der Waals surface area (Å²) in [6.07, 6.45) is 7.81. The van der Waals surface area contributed by atoms with Gasteiger partial charge in [0, 0.05) is 0 Å². The predicted molar refractivity (Wildman–Crippen MR) is 74.3 cm³/mol. The number of hydrogen-bond donors (Lipinski definition) is 1. The molecule has 2 atom stereocenters. The number of aliphatic hydroxyl groups is 1. The zero-order valence-electron chi connectivity index (χ0n) is 10.8. The molecule has 0 radical (unpaired) electrons. The standard InChI is InChI=1S/C16H20O2/c1-3-4-7-14-12(2)6-5-8-15(14)16-10-9-13(11-17)18-16/h3-8,13,16-17H,1,9-11H2,2H3/b7-4-. The van der Waals surface area contributed by atoms with Crippen molar-refractivity contribution >= 4 is 6.08 Å². The van der Waals surface area contributed by atoms with E-state index in [4.69, 9.17) is 9.84 Å². The molecule has 0 aliphatic carbocycles. The molecule has 1 fully saturated rings. The number of allylic oxidation sites excluding steroid dienone is 2. The average molecular weight is 244 g/mol. The van der Waals surface area contributed by atoms with Gasteiger partial charge in [-0.25, -0.2) is 0 Å². The van der Waals surface area contributed by atoms with E-state index in [9.17, 15) is 0 Å². The van der Waals surface area contributed by atoms with Crippen LogP contribution in [0.3, 0.4) is 0 Å². The summed E-state index contributed by atoms with van der Waals surface area (Å²) >= 11 is 0. The Morgan fingerprint density at radius 2 is 2.28 bits per heavy atom. The van der Waals surface area contributed by atoms with Gasteiger partial charge in [-0.2, -0.15) is 0 Å². The van der Waals surface area contributed by atoms with E-state index in [1.165, 1.54) is 16.7 Å². The second kappa shape index (κ2) is 5.98. The van der Waals surface area contributed by atoms with Gasteiger partial charge >= 0.3 is 0 Å². The zero-order chi connectivity index (χ0) is 13.0. The number of benzene rings is 1. The molecule has 2 heteroatoms. The summed E-state index contributed by atoms with van der Waals surface area (Å²) < 4.78 is 5.86. The second-order valence-corrected chi connectivity index (χ2v) is 4.68. The molecule has 0 saturated carbocycles. The van der Waals surface area contributed by atoms with E-state index in [-0.39, 0.29) is 18.8 Å². The lowest BCUT2D eigenvalue weighted by Crippen LogP contribution is -2.11. The van der Waals surface area contributed by atoms with E-state index in [1.807, 2.05) is 6.08 Å². The maximum absolute atomic E-state index is 9.14. The van der Waals surface area contributed by atoms with Gasteiger partial charge in [-0.05, 0) is 36.5 Å². The summed E-state index contributed by atoms with van der Waals surface area (Å²) in [5, 5.41) is 9.14. The van der Waals surface area contributed by atoms with Crippen LogP contribution < -0.4 is 0 Å². The fourth-order valence-electron chi connectivity index (χ4n) is 2.44. The van der Waals surface area contributed by atoms with E-state index in [0.717, 1.165) is 12.8 Å². The lowest BCUT2D eigenvalue weighted by atomic mass is 9.96. The molecule has 0 aromatic heterocycles. The van der Waals surface area contributed by atoms with Crippen molar-refractivity contribution in [1.82, 2.24) is 0 Å². The first kappa shape index (κ1) is 13.1. The third-order valence-corrected chi connectivity index (χ3v) is 3.41. The second-order valence-electron chi connectivity index (χ2n) is 4.68. The van der Waals surface area contributed by atoms with Gasteiger partial charge in [-0.1, -0.05) is 43.0 Å². The molecular weight excluding hydrogens is 224 g/mol. The van der Waals surface area contributed by atoms with Crippen molar-refractivity contribution in [2.45, 2.75) is 32.0 Å². The monoisotopic (exact) mass is 244 g/mol. The Morgan fingerprint density at radius 3 is 2.94 bits per heavy atom. The smallest absolute Gasteiger partial charge is 0.0836 e. The molecular formula is C16H20O2. The van der Waals surface area contributed by atoms with E-state index in [0.29, 0.717) is 0 Å². The lowest BCUT2D eigenvalue weighted by molar-refractivity contribution is 0.0109. The number of hydrogen-bond acceptors (Lipinski definition) is 2. The van der Waals surface area contributed by atoms with Gasteiger partial charge in [-0.3, -0.25) is 0 Å². The van der Waals surface area contributed by atoms with Crippen LogP contribution in [-0.2, 0) is 4.74 Å². The third-order valence-electron chi connectivity index (χ3n) is 3.41. The fraction of sp³-hybridized carbons (Fsp3) is 0.375. The molecule has 1 heterocycles. The summed E-state index contributed by atoms with van der Waals surface area (Å²) in [6, 6.07) is 6.27. The molecule has 2 rings (SSSR count). The average Bonchev–Trinajstić information content (AvgIpc) is 2.85. The first-order valence-electron chi connectivity index (χ1n) is 6.41. The number of aliphatic hydroxyl groups excluding tert-OH is 1. The van der Waals surface area contributed by atoms with E-state index in [1.54, 1.807) is 6.08 Å². The van der Waals surface area contributed by atoms with Crippen LogP contribution in [0, 0.1) is 6.92 Å². The number of rotatable bonds is 4. The molecule has 1 N–H and O–H groups in total. The summed E-state index contributed by atoms with van der Waals surface area (Å²) in [6.45, 7) is 5.92. The Bertz CT molecular complexity index is 448. The van der Waals surface area contributed by atoms with Crippen molar-refractivity contribution in [2.75, 3.05) is 6.61 Å². The van der Waals surface area contributed by atoms with Gasteiger partial charge in [0.25, 0.3) is 0 Å². The van der Waals surface area contributed by atoms with Crippen molar-refractivity contribution in [3.8, 4) is 0 Å². The molecule has 1 saturated heterocycles. The molecule has 0 amide bonds. The number of aryl methyl sites for hydroxylation is 1. The van der Waals surface area contributed by atoms with Crippen LogP contribution >= 0.6 is 0 Å². The highest BCUT2D eigenvalue weighted by Gasteiger charge is 2.27. The quantitative estimate of drug-likeness (QED) is 0.822. The Hall–Kier alpha value is -1.38.